The molecule has 3 nitrogen and oxygen atoms in total. The van der Waals surface area contributed by atoms with Gasteiger partial charge in [0.2, 0.25) is 5.91 Å². The molecule has 0 aromatic heterocycles. The first kappa shape index (κ1) is 18.6. The molecule has 25 heavy (non-hydrogen) atoms. The van der Waals surface area contributed by atoms with Gasteiger partial charge in [-0.25, -0.2) is 0 Å². The van der Waals surface area contributed by atoms with Crippen molar-refractivity contribution in [2.24, 2.45) is 0 Å². The second-order valence-electron chi connectivity index (χ2n) is 5.48. The van der Waals surface area contributed by atoms with Gasteiger partial charge in [-0.2, -0.15) is 13.2 Å². The van der Waals surface area contributed by atoms with Crippen LogP contribution in [0.4, 0.5) is 18.9 Å². The number of nitrogens with zero attached hydrogens (tertiary/aromatic N) is 1. The first-order valence-electron chi connectivity index (χ1n) is 7.74. The van der Waals surface area contributed by atoms with Crippen molar-refractivity contribution >= 4 is 11.6 Å². The van der Waals surface area contributed by atoms with Crippen LogP contribution >= 0.6 is 0 Å². The van der Waals surface area contributed by atoms with E-state index in [9.17, 15) is 18.0 Å². The van der Waals surface area contributed by atoms with Crippen molar-refractivity contribution in [2.45, 2.75) is 12.7 Å². The molecule has 0 atom stereocenters. The number of nitrogens with one attached hydrogen (secondary N) is 1. The third-order valence-corrected chi connectivity index (χ3v) is 3.55. The van der Waals surface area contributed by atoms with E-state index >= 15 is 0 Å². The van der Waals surface area contributed by atoms with Crippen LogP contribution in [0.25, 0.3) is 0 Å². The molecule has 0 heterocycles. The summed E-state index contributed by atoms with van der Waals surface area (Å²) in [5, 5.41) is 2.76. The molecule has 1 N–H and O–H groups in total. The third-order valence-electron chi connectivity index (χ3n) is 3.55. The average Bonchev–Trinajstić information content (AvgIpc) is 2.60. The molecule has 0 aliphatic rings. The second kappa shape index (κ2) is 8.37. The van der Waals surface area contributed by atoms with Crippen LogP contribution in [0.3, 0.4) is 0 Å². The minimum absolute atomic E-state index is 0.0953. The van der Waals surface area contributed by atoms with Gasteiger partial charge in [0.05, 0.1) is 12.1 Å². The van der Waals surface area contributed by atoms with Crippen LogP contribution in [0.15, 0.2) is 67.3 Å². The molecule has 0 radical (unpaired) electrons. The van der Waals surface area contributed by atoms with Crippen molar-refractivity contribution in [3.63, 3.8) is 0 Å². The van der Waals surface area contributed by atoms with Crippen molar-refractivity contribution in [2.75, 3.05) is 18.4 Å². The fraction of sp³-hybridized carbons (Fsp3) is 0.211. The number of hydrogen-bond donors (Lipinski definition) is 1. The Balaban J connectivity index is 2.00. The summed E-state index contributed by atoms with van der Waals surface area (Å²) in [5.74, 6) is -0.221. The van der Waals surface area contributed by atoms with Crippen LogP contribution in [0.5, 0.6) is 0 Å². The SMILES string of the molecule is C=CCN(Cc1ccccc1)C(=O)CNc1cccc(C(F)(F)F)c1. The van der Waals surface area contributed by atoms with Crippen LogP contribution in [0.1, 0.15) is 11.1 Å². The lowest BCUT2D eigenvalue weighted by Crippen LogP contribution is -2.35. The molecule has 0 aliphatic heterocycles. The minimum atomic E-state index is -4.41. The first-order chi connectivity index (χ1) is 11.9. The molecule has 0 fully saturated rings. The Morgan fingerprint density at radius 3 is 2.48 bits per heavy atom. The molecule has 0 saturated carbocycles. The molecule has 0 bridgehead atoms. The summed E-state index contributed by atoms with van der Waals surface area (Å²) in [4.78, 5) is 14.0. The van der Waals surface area contributed by atoms with Crippen molar-refractivity contribution < 1.29 is 18.0 Å². The molecule has 1 amide bonds. The number of carbonyl (C=O) groups is 1. The van der Waals surface area contributed by atoms with Crippen molar-refractivity contribution in [3.8, 4) is 0 Å². The van der Waals surface area contributed by atoms with Crippen LogP contribution in [-0.4, -0.2) is 23.9 Å². The predicted octanol–water partition coefficient (Wildman–Crippen LogP) is 4.33. The molecule has 0 spiro atoms. The van der Waals surface area contributed by atoms with Crippen molar-refractivity contribution in [1.82, 2.24) is 4.90 Å². The summed E-state index contributed by atoms with van der Waals surface area (Å²) in [5.41, 5.74) is 0.468. The van der Waals surface area contributed by atoms with Crippen molar-refractivity contribution in [1.29, 1.82) is 0 Å². The normalized spacial score (nSPS) is 11.0. The number of carbonyl (C=O) groups excluding carboxylic acids is 1. The smallest absolute Gasteiger partial charge is 0.376 e. The average molecular weight is 348 g/mol. The maximum absolute atomic E-state index is 12.7. The van der Waals surface area contributed by atoms with Gasteiger partial charge in [-0.3, -0.25) is 4.79 Å². The van der Waals surface area contributed by atoms with Crippen LogP contribution < -0.4 is 5.32 Å². The first-order valence-corrected chi connectivity index (χ1v) is 7.74. The Labute approximate surface area is 144 Å². The van der Waals surface area contributed by atoms with Crippen LogP contribution in [0, 0.1) is 0 Å². The van der Waals surface area contributed by atoms with Gasteiger partial charge in [0.1, 0.15) is 0 Å². The summed E-state index contributed by atoms with van der Waals surface area (Å²) in [7, 11) is 0. The van der Waals surface area contributed by atoms with Gasteiger partial charge in [-0.05, 0) is 23.8 Å². The highest BCUT2D eigenvalue weighted by atomic mass is 19.4. The fourth-order valence-electron chi connectivity index (χ4n) is 2.31. The van der Waals surface area contributed by atoms with Crippen LogP contribution in [0.2, 0.25) is 0 Å². The molecule has 0 unspecified atom stereocenters. The predicted molar refractivity (Wildman–Crippen MR) is 92.0 cm³/mol. The maximum atomic E-state index is 12.7. The van der Waals surface area contributed by atoms with E-state index in [1.807, 2.05) is 30.3 Å². The number of alkyl halides is 3. The summed E-state index contributed by atoms with van der Waals surface area (Å²) in [6, 6.07) is 14.2. The summed E-state index contributed by atoms with van der Waals surface area (Å²) >= 11 is 0. The molecule has 6 heteroatoms. The third kappa shape index (κ3) is 5.67. The number of hydrogen-bond acceptors (Lipinski definition) is 2. The minimum Gasteiger partial charge on any atom is -0.376 e. The number of amides is 1. The van der Waals surface area contributed by atoms with Gasteiger partial charge >= 0.3 is 6.18 Å². The Kier molecular flexibility index (Phi) is 6.22. The van der Waals surface area contributed by atoms with E-state index in [2.05, 4.69) is 11.9 Å². The molecule has 132 valence electrons. The Hall–Kier alpha value is -2.76. The maximum Gasteiger partial charge on any atom is 0.416 e. The largest absolute Gasteiger partial charge is 0.416 e. The van der Waals surface area contributed by atoms with E-state index in [1.165, 1.54) is 12.1 Å². The van der Waals surface area contributed by atoms with Gasteiger partial charge in [0, 0.05) is 18.8 Å². The number of rotatable bonds is 7. The van der Waals surface area contributed by atoms with E-state index in [0.717, 1.165) is 17.7 Å². The van der Waals surface area contributed by atoms with Gasteiger partial charge in [0.15, 0.2) is 0 Å². The lowest BCUT2D eigenvalue weighted by atomic mass is 10.2. The van der Waals surface area contributed by atoms with E-state index in [1.54, 1.807) is 11.0 Å². The Morgan fingerprint density at radius 1 is 1.12 bits per heavy atom. The summed E-state index contributed by atoms with van der Waals surface area (Å²) in [6.45, 7) is 4.32. The van der Waals surface area contributed by atoms with Gasteiger partial charge in [-0.15, -0.1) is 6.58 Å². The number of anilines is 1. The molecule has 2 rings (SSSR count). The molecular weight excluding hydrogens is 329 g/mol. The lowest BCUT2D eigenvalue weighted by Gasteiger charge is -2.22. The van der Waals surface area contributed by atoms with Gasteiger partial charge in [-0.1, -0.05) is 42.5 Å². The molecule has 2 aromatic rings. The molecule has 0 saturated heterocycles. The highest BCUT2D eigenvalue weighted by molar-refractivity contribution is 5.81. The highest BCUT2D eigenvalue weighted by Crippen LogP contribution is 2.30. The summed E-state index contributed by atoms with van der Waals surface area (Å²) in [6.07, 6.45) is -2.80. The van der Waals surface area contributed by atoms with E-state index in [0.29, 0.717) is 13.1 Å². The molecule has 2 aromatic carbocycles. The van der Waals surface area contributed by atoms with E-state index < -0.39 is 11.7 Å². The standard InChI is InChI=1S/C19H19F3N2O/c1-2-11-24(14-15-7-4-3-5-8-15)18(25)13-23-17-10-6-9-16(12-17)19(20,21)22/h2-10,12,23H,1,11,13-14H2. The number of benzene rings is 2. The Morgan fingerprint density at radius 2 is 1.84 bits per heavy atom. The zero-order valence-corrected chi connectivity index (χ0v) is 13.6. The second-order valence-corrected chi connectivity index (χ2v) is 5.48. The van der Waals surface area contributed by atoms with E-state index in [4.69, 9.17) is 0 Å². The zero-order chi connectivity index (χ0) is 18.3. The van der Waals surface area contributed by atoms with E-state index in [-0.39, 0.29) is 18.1 Å². The molecular formula is C19H19F3N2O. The topological polar surface area (TPSA) is 32.3 Å². The lowest BCUT2D eigenvalue weighted by molar-refractivity contribution is -0.137. The summed E-state index contributed by atoms with van der Waals surface area (Å²) < 4.78 is 38.2. The fourth-order valence-corrected chi connectivity index (χ4v) is 2.31. The monoisotopic (exact) mass is 348 g/mol. The van der Waals surface area contributed by atoms with Gasteiger partial charge < -0.3 is 10.2 Å². The number of halogens is 3. The quantitative estimate of drug-likeness (QED) is 0.755. The van der Waals surface area contributed by atoms with Crippen LogP contribution in [-0.2, 0) is 17.5 Å². The van der Waals surface area contributed by atoms with Crippen molar-refractivity contribution in [3.05, 3.63) is 78.4 Å². The zero-order valence-electron chi connectivity index (χ0n) is 13.6. The van der Waals surface area contributed by atoms with Gasteiger partial charge in [0.25, 0.3) is 0 Å². The molecule has 0 aliphatic carbocycles. The highest BCUT2D eigenvalue weighted by Gasteiger charge is 2.30. The Bertz CT molecular complexity index is 714.